The maximum Gasteiger partial charge on any atom is 0.304 e. The molecule has 0 spiro atoms. The van der Waals surface area contributed by atoms with Crippen LogP contribution in [0.4, 0.5) is 5.69 Å². The van der Waals surface area contributed by atoms with Gasteiger partial charge in [0.15, 0.2) is 0 Å². The van der Waals surface area contributed by atoms with Crippen LogP contribution in [0.1, 0.15) is 45.4 Å². The highest BCUT2D eigenvalue weighted by Gasteiger charge is 2.21. The second kappa shape index (κ2) is 9.44. The van der Waals surface area contributed by atoms with Crippen LogP contribution in [-0.4, -0.2) is 27.0 Å². The van der Waals surface area contributed by atoms with E-state index in [1.165, 1.54) is 38.5 Å². The summed E-state index contributed by atoms with van der Waals surface area (Å²) in [6.07, 6.45) is 6.47. The Labute approximate surface area is 127 Å². The maximum absolute atomic E-state index is 12.2. The number of pyridine rings is 1. The van der Waals surface area contributed by atoms with Gasteiger partial charge in [-0.2, -0.15) is 4.98 Å². The quantitative estimate of drug-likeness (QED) is 0.375. The van der Waals surface area contributed by atoms with Crippen LogP contribution >= 0.6 is 0 Å². The van der Waals surface area contributed by atoms with Gasteiger partial charge in [0, 0.05) is 17.9 Å². The third-order valence-electron chi connectivity index (χ3n) is 3.12. The first-order valence-corrected chi connectivity index (χ1v) is 8.49. The first-order valence-electron chi connectivity index (χ1n) is 7.18. The Hall–Kier alpha value is -1.50. The summed E-state index contributed by atoms with van der Waals surface area (Å²) in [5.74, 6) is 0.638. The van der Waals surface area contributed by atoms with E-state index in [1.807, 2.05) is 0 Å². The first-order chi connectivity index (χ1) is 10.1. The Bertz CT molecular complexity index is 494. The van der Waals surface area contributed by atoms with E-state index in [4.69, 9.17) is 4.74 Å². The molecule has 7 heteroatoms. The average molecular weight is 314 g/mol. The molecule has 1 rings (SSSR count). The lowest BCUT2D eigenvalue weighted by atomic mass is 10.1. The number of nitrogens with zero attached hydrogens (tertiary/aromatic N) is 2. The van der Waals surface area contributed by atoms with Gasteiger partial charge in [-0.25, -0.2) is 0 Å². The molecule has 0 saturated carbocycles. The van der Waals surface area contributed by atoms with Crippen LogP contribution in [0.15, 0.2) is 17.2 Å². The number of nitro groups is 1. The lowest BCUT2D eigenvalue weighted by Gasteiger charge is -2.05. The van der Waals surface area contributed by atoms with Crippen LogP contribution in [-0.2, 0) is 10.8 Å². The van der Waals surface area contributed by atoms with Crippen molar-refractivity contribution in [2.45, 2.75) is 50.5 Å². The summed E-state index contributed by atoms with van der Waals surface area (Å²) in [7, 11) is -0.0422. The number of hydrogen-bond donors (Lipinski definition) is 0. The molecule has 0 saturated heterocycles. The van der Waals surface area contributed by atoms with Crippen LogP contribution in [0.5, 0.6) is 5.88 Å². The van der Waals surface area contributed by atoms with Crippen molar-refractivity contribution in [1.29, 1.82) is 0 Å². The van der Waals surface area contributed by atoms with Crippen molar-refractivity contribution >= 4 is 16.5 Å². The summed E-state index contributed by atoms with van der Waals surface area (Å²) in [5.41, 5.74) is -0.208. The Morgan fingerprint density at radius 2 is 1.90 bits per heavy atom. The minimum absolute atomic E-state index is 0.00732. The van der Waals surface area contributed by atoms with Crippen LogP contribution in [0, 0.1) is 10.1 Å². The zero-order valence-electron chi connectivity index (χ0n) is 12.5. The first kappa shape index (κ1) is 17.6. The SMILES string of the molecule is CCCCCCCCS(=O)c1nc(OC)ccc1[N+](=O)[O-]. The Morgan fingerprint density at radius 3 is 2.52 bits per heavy atom. The summed E-state index contributed by atoms with van der Waals surface area (Å²) < 4.78 is 17.2. The molecule has 1 aromatic rings. The van der Waals surface area contributed by atoms with Crippen LogP contribution in [0.3, 0.4) is 0 Å². The highest BCUT2D eigenvalue weighted by molar-refractivity contribution is 7.85. The van der Waals surface area contributed by atoms with Gasteiger partial charge < -0.3 is 4.74 Å². The van der Waals surface area contributed by atoms with E-state index < -0.39 is 15.7 Å². The number of methoxy groups -OCH3 is 1. The van der Waals surface area contributed by atoms with Gasteiger partial charge in [0.2, 0.25) is 10.9 Å². The zero-order valence-corrected chi connectivity index (χ0v) is 13.4. The van der Waals surface area contributed by atoms with Crippen molar-refractivity contribution in [3.63, 3.8) is 0 Å². The van der Waals surface area contributed by atoms with Gasteiger partial charge in [0.1, 0.15) is 0 Å². The van der Waals surface area contributed by atoms with Crippen molar-refractivity contribution in [3.05, 3.63) is 22.2 Å². The number of ether oxygens (including phenoxy) is 1. The lowest BCUT2D eigenvalue weighted by Crippen LogP contribution is -2.06. The second-order valence-corrected chi connectivity index (χ2v) is 6.24. The van der Waals surface area contributed by atoms with Gasteiger partial charge in [-0.3, -0.25) is 14.3 Å². The topological polar surface area (TPSA) is 82.3 Å². The van der Waals surface area contributed by atoms with E-state index in [2.05, 4.69) is 11.9 Å². The summed E-state index contributed by atoms with van der Waals surface area (Å²) in [5, 5.41) is 11.0. The van der Waals surface area contributed by atoms with Crippen LogP contribution in [0.2, 0.25) is 0 Å². The van der Waals surface area contributed by atoms with Gasteiger partial charge >= 0.3 is 5.69 Å². The van der Waals surface area contributed by atoms with Gasteiger partial charge in [0.05, 0.1) is 22.8 Å². The zero-order chi connectivity index (χ0) is 15.7. The Kier molecular flexibility index (Phi) is 7.89. The fourth-order valence-electron chi connectivity index (χ4n) is 1.95. The molecule has 6 nitrogen and oxygen atoms in total. The second-order valence-electron chi connectivity index (χ2n) is 4.75. The van der Waals surface area contributed by atoms with Crippen LogP contribution in [0.25, 0.3) is 0 Å². The summed E-state index contributed by atoms with van der Waals surface area (Å²) in [6, 6.07) is 2.70. The molecule has 0 N–H and O–H groups in total. The molecule has 0 aliphatic rings. The van der Waals surface area contributed by atoms with Crippen LogP contribution < -0.4 is 4.74 Å². The molecule has 1 unspecified atom stereocenters. The van der Waals surface area contributed by atoms with Gasteiger partial charge in [-0.1, -0.05) is 39.0 Å². The summed E-state index contributed by atoms with van der Waals surface area (Å²) >= 11 is 0. The molecule has 1 atom stereocenters. The summed E-state index contributed by atoms with van der Waals surface area (Å²) in [4.78, 5) is 14.4. The molecule has 0 fully saturated rings. The average Bonchev–Trinajstić information content (AvgIpc) is 2.49. The number of unbranched alkanes of at least 4 members (excludes halogenated alkanes) is 5. The van der Waals surface area contributed by atoms with Gasteiger partial charge in [-0.15, -0.1) is 0 Å². The van der Waals surface area contributed by atoms with E-state index >= 15 is 0 Å². The van der Waals surface area contributed by atoms with E-state index in [0.29, 0.717) is 5.75 Å². The molecule has 21 heavy (non-hydrogen) atoms. The molecule has 0 aliphatic heterocycles. The van der Waals surface area contributed by atoms with Gasteiger partial charge in [0.25, 0.3) is 0 Å². The van der Waals surface area contributed by atoms with Gasteiger partial charge in [-0.05, 0) is 6.42 Å². The third kappa shape index (κ3) is 5.79. The van der Waals surface area contributed by atoms with Crippen molar-refractivity contribution in [1.82, 2.24) is 4.98 Å². The standard InChI is InChI=1S/C14H22N2O4S/c1-3-4-5-6-7-8-11-21(19)14-12(16(17)18)9-10-13(15-14)20-2/h9-10H,3-8,11H2,1-2H3. The van der Waals surface area contributed by atoms with Crippen molar-refractivity contribution in [2.24, 2.45) is 0 Å². The molecule has 1 heterocycles. The minimum Gasteiger partial charge on any atom is -0.481 e. The largest absolute Gasteiger partial charge is 0.481 e. The Morgan fingerprint density at radius 1 is 1.24 bits per heavy atom. The molecule has 0 radical (unpaired) electrons. The van der Waals surface area contributed by atoms with E-state index in [9.17, 15) is 14.3 Å². The number of hydrogen-bond acceptors (Lipinski definition) is 5. The third-order valence-corrected chi connectivity index (χ3v) is 4.51. The predicted octanol–water partition coefficient (Wildman–Crippen LogP) is 3.47. The van der Waals surface area contributed by atoms with Crippen molar-refractivity contribution in [2.75, 3.05) is 12.9 Å². The highest BCUT2D eigenvalue weighted by Crippen LogP contribution is 2.24. The minimum atomic E-state index is -1.47. The molecule has 118 valence electrons. The predicted molar refractivity (Wildman–Crippen MR) is 82.1 cm³/mol. The number of rotatable bonds is 10. The van der Waals surface area contributed by atoms with Crippen molar-refractivity contribution in [3.8, 4) is 5.88 Å². The molecule has 1 aromatic heterocycles. The number of aromatic nitrogens is 1. The molecular weight excluding hydrogens is 292 g/mol. The normalized spacial score (nSPS) is 12.1. The summed E-state index contributed by atoms with van der Waals surface area (Å²) in [6.45, 7) is 2.16. The smallest absolute Gasteiger partial charge is 0.304 e. The Balaban J connectivity index is 2.61. The van der Waals surface area contributed by atoms with Crippen molar-refractivity contribution < 1.29 is 13.9 Å². The van der Waals surface area contributed by atoms with E-state index in [0.717, 1.165) is 19.3 Å². The molecule has 0 aliphatic carbocycles. The fraction of sp³-hybridized carbons (Fsp3) is 0.643. The monoisotopic (exact) mass is 314 g/mol. The molecular formula is C14H22N2O4S. The lowest BCUT2D eigenvalue weighted by molar-refractivity contribution is -0.388. The highest BCUT2D eigenvalue weighted by atomic mass is 32.2. The molecule has 0 amide bonds. The van der Waals surface area contributed by atoms with E-state index in [-0.39, 0.29) is 16.6 Å². The fourth-order valence-corrected chi connectivity index (χ4v) is 3.17. The van der Waals surface area contributed by atoms with E-state index in [1.54, 1.807) is 0 Å². The molecule has 0 bridgehead atoms. The molecule has 0 aromatic carbocycles. The maximum atomic E-state index is 12.2.